The molecule has 1 fully saturated rings. The zero-order valence-corrected chi connectivity index (χ0v) is 22.0. The molecular weight excluding hydrogens is 530 g/mol. The highest BCUT2D eigenvalue weighted by atomic mass is 79.9. The molecule has 1 aliphatic rings. The summed E-state index contributed by atoms with van der Waals surface area (Å²) in [5, 5.41) is 0.575. The van der Waals surface area contributed by atoms with Crippen molar-refractivity contribution in [1.29, 1.82) is 0 Å². The van der Waals surface area contributed by atoms with E-state index in [4.69, 9.17) is 4.74 Å². The molecule has 0 saturated carbocycles. The molecule has 182 valence electrons. The van der Waals surface area contributed by atoms with Gasteiger partial charge in [-0.3, -0.25) is 19.3 Å². The van der Waals surface area contributed by atoms with E-state index in [1.54, 1.807) is 11.0 Å². The number of hydrogen-bond acceptors (Lipinski definition) is 5. The Balaban J connectivity index is 1.56. The zero-order chi connectivity index (χ0) is 24.9. The van der Waals surface area contributed by atoms with Crippen LogP contribution in [0.4, 0.5) is 4.79 Å². The summed E-state index contributed by atoms with van der Waals surface area (Å²) in [5.41, 5.74) is 1.66. The van der Waals surface area contributed by atoms with Gasteiger partial charge in [0.25, 0.3) is 11.1 Å². The predicted octanol–water partition coefficient (Wildman–Crippen LogP) is 5.39. The van der Waals surface area contributed by atoms with Gasteiger partial charge in [0.15, 0.2) is 0 Å². The van der Waals surface area contributed by atoms with Crippen LogP contribution in [0.1, 0.15) is 19.4 Å². The van der Waals surface area contributed by atoms with Crippen LogP contribution < -0.4 is 4.74 Å². The first-order valence-corrected chi connectivity index (χ1v) is 13.0. The molecular formula is C26H26BrN3O4S. The van der Waals surface area contributed by atoms with Gasteiger partial charge in [-0.25, -0.2) is 0 Å². The highest BCUT2D eigenvalue weighted by molar-refractivity contribution is 9.10. The minimum Gasteiger partial charge on any atom is -0.492 e. The third-order valence-electron chi connectivity index (χ3n) is 5.78. The number of rotatable bonds is 9. The Bertz CT molecular complexity index is 1280. The molecule has 1 aromatic heterocycles. The molecule has 3 aromatic rings. The summed E-state index contributed by atoms with van der Waals surface area (Å²) in [6.07, 6.45) is 3.60. The lowest BCUT2D eigenvalue weighted by molar-refractivity contribution is -0.131. The molecule has 3 amide bonds. The number of nitrogens with zero attached hydrogens (tertiary/aromatic N) is 3. The van der Waals surface area contributed by atoms with Gasteiger partial charge in [0.2, 0.25) is 5.91 Å². The number of hydrogen-bond donors (Lipinski definition) is 0. The monoisotopic (exact) mass is 555 g/mol. The predicted molar refractivity (Wildman–Crippen MR) is 142 cm³/mol. The van der Waals surface area contributed by atoms with Crippen molar-refractivity contribution in [2.45, 2.75) is 20.4 Å². The van der Waals surface area contributed by atoms with Crippen LogP contribution in [0, 0.1) is 0 Å². The number of likely N-dealkylation sites (N-methyl/N-ethyl adjacent to an activating group) is 1. The summed E-state index contributed by atoms with van der Waals surface area (Å²) in [5.74, 6) is 0.375. The lowest BCUT2D eigenvalue weighted by atomic mass is 10.1. The maximum absolute atomic E-state index is 13.0. The van der Waals surface area contributed by atoms with E-state index in [0.717, 1.165) is 32.7 Å². The summed E-state index contributed by atoms with van der Waals surface area (Å²) >= 11 is 4.43. The van der Waals surface area contributed by atoms with E-state index in [-0.39, 0.29) is 36.7 Å². The minimum absolute atomic E-state index is 0.0279. The van der Waals surface area contributed by atoms with Gasteiger partial charge in [0.05, 0.1) is 11.4 Å². The van der Waals surface area contributed by atoms with Gasteiger partial charge in [0, 0.05) is 40.2 Å². The number of thioether (sulfide) groups is 1. The average molecular weight is 556 g/mol. The van der Waals surface area contributed by atoms with Crippen LogP contribution in [0.15, 0.2) is 64.1 Å². The molecule has 0 bridgehead atoms. The van der Waals surface area contributed by atoms with Gasteiger partial charge in [-0.1, -0.05) is 34.1 Å². The van der Waals surface area contributed by atoms with Crippen LogP contribution in [0.3, 0.4) is 0 Å². The molecule has 0 radical (unpaired) electrons. The summed E-state index contributed by atoms with van der Waals surface area (Å²) in [6.45, 7) is 5.79. The number of carbonyl (C=O) groups excluding carboxylic acids is 3. The second kappa shape index (κ2) is 11.1. The molecule has 35 heavy (non-hydrogen) atoms. The van der Waals surface area contributed by atoms with Crippen molar-refractivity contribution in [2.75, 3.05) is 26.2 Å². The van der Waals surface area contributed by atoms with E-state index in [0.29, 0.717) is 23.7 Å². The van der Waals surface area contributed by atoms with Crippen molar-refractivity contribution in [3.05, 3.63) is 69.7 Å². The number of amides is 3. The quantitative estimate of drug-likeness (QED) is 0.331. The fourth-order valence-corrected chi connectivity index (χ4v) is 5.19. The molecule has 0 spiro atoms. The molecule has 2 aromatic carbocycles. The Labute approximate surface area is 216 Å². The first-order chi connectivity index (χ1) is 16.9. The van der Waals surface area contributed by atoms with Gasteiger partial charge >= 0.3 is 0 Å². The molecule has 0 aliphatic carbocycles. The van der Waals surface area contributed by atoms with Gasteiger partial charge in [0.1, 0.15) is 18.9 Å². The van der Waals surface area contributed by atoms with Crippen LogP contribution in [0.25, 0.3) is 17.0 Å². The highest BCUT2D eigenvalue weighted by Crippen LogP contribution is 2.34. The molecule has 0 N–H and O–H groups in total. The Morgan fingerprint density at radius 3 is 2.57 bits per heavy atom. The van der Waals surface area contributed by atoms with Gasteiger partial charge < -0.3 is 14.2 Å². The summed E-state index contributed by atoms with van der Waals surface area (Å²) < 4.78 is 8.43. The Kier molecular flexibility index (Phi) is 7.97. The van der Waals surface area contributed by atoms with E-state index < -0.39 is 0 Å². The van der Waals surface area contributed by atoms with Crippen molar-refractivity contribution in [2.24, 2.45) is 0 Å². The molecule has 9 heteroatoms. The molecule has 0 atom stereocenters. The zero-order valence-electron chi connectivity index (χ0n) is 19.6. The maximum atomic E-state index is 13.0. The van der Waals surface area contributed by atoms with E-state index in [2.05, 4.69) is 15.9 Å². The van der Waals surface area contributed by atoms with E-state index in [9.17, 15) is 14.4 Å². The van der Waals surface area contributed by atoms with Crippen molar-refractivity contribution in [3.8, 4) is 5.75 Å². The second-order valence-electron chi connectivity index (χ2n) is 7.93. The number of para-hydroxylation sites is 1. The number of halogens is 1. The Morgan fingerprint density at radius 2 is 1.86 bits per heavy atom. The van der Waals surface area contributed by atoms with Crippen molar-refractivity contribution >= 4 is 61.7 Å². The van der Waals surface area contributed by atoms with Crippen molar-refractivity contribution in [1.82, 2.24) is 14.4 Å². The fourth-order valence-electron chi connectivity index (χ4n) is 3.97. The fraction of sp³-hybridized carbons (Fsp3) is 0.269. The van der Waals surface area contributed by atoms with E-state index >= 15 is 0 Å². The first-order valence-electron chi connectivity index (χ1n) is 11.4. The summed E-state index contributed by atoms with van der Waals surface area (Å²) in [6, 6.07) is 15.1. The maximum Gasteiger partial charge on any atom is 0.293 e. The number of benzene rings is 2. The lowest BCUT2D eigenvalue weighted by Crippen LogP contribution is -2.33. The third kappa shape index (κ3) is 5.62. The lowest BCUT2D eigenvalue weighted by Gasteiger charge is -2.19. The summed E-state index contributed by atoms with van der Waals surface area (Å²) in [4.78, 5) is 41.6. The van der Waals surface area contributed by atoms with E-state index in [1.807, 2.05) is 73.1 Å². The highest BCUT2D eigenvalue weighted by Gasteiger charge is 2.35. The van der Waals surface area contributed by atoms with Gasteiger partial charge in [-0.05, 0) is 62.0 Å². The number of aromatic nitrogens is 1. The number of fused-ring (bicyclic) bond motifs is 1. The summed E-state index contributed by atoms with van der Waals surface area (Å²) in [7, 11) is 0. The molecule has 1 aliphatic heterocycles. The van der Waals surface area contributed by atoms with Crippen LogP contribution in [0.5, 0.6) is 5.75 Å². The molecule has 0 unspecified atom stereocenters. The smallest absolute Gasteiger partial charge is 0.293 e. The second-order valence-corrected chi connectivity index (χ2v) is 9.84. The van der Waals surface area contributed by atoms with Gasteiger partial charge in [-0.15, -0.1) is 0 Å². The topological polar surface area (TPSA) is 71.8 Å². The minimum atomic E-state index is -0.341. The van der Waals surface area contributed by atoms with Gasteiger partial charge in [-0.2, -0.15) is 0 Å². The third-order valence-corrected chi connectivity index (χ3v) is 7.18. The molecule has 7 nitrogen and oxygen atoms in total. The SMILES string of the molecule is CCN(CC)C(=O)Cn1cc(/C=C2\SC(=O)N(CCOc3ccccc3)C2=O)c2cc(Br)ccc21. The first kappa shape index (κ1) is 25.1. The van der Waals surface area contributed by atoms with Crippen LogP contribution >= 0.6 is 27.7 Å². The number of carbonyl (C=O) groups is 3. The van der Waals surface area contributed by atoms with Crippen LogP contribution in [-0.4, -0.2) is 57.7 Å². The molecule has 1 saturated heterocycles. The normalized spacial score (nSPS) is 14.8. The average Bonchev–Trinajstić information content (AvgIpc) is 3.31. The van der Waals surface area contributed by atoms with Crippen LogP contribution in [-0.2, 0) is 16.1 Å². The molecule has 2 heterocycles. The number of ether oxygens (including phenoxy) is 1. The number of imide groups is 1. The Morgan fingerprint density at radius 1 is 1.11 bits per heavy atom. The molecule has 4 rings (SSSR count). The van der Waals surface area contributed by atoms with Crippen molar-refractivity contribution in [3.63, 3.8) is 0 Å². The largest absolute Gasteiger partial charge is 0.492 e. The standard InChI is InChI=1S/C26H26BrN3O4S/c1-3-28(4-2)24(31)17-29-16-18(21-15-19(27)10-11-22(21)29)14-23-25(32)30(26(33)35-23)12-13-34-20-8-6-5-7-9-20/h5-11,14-16H,3-4,12-13,17H2,1-2H3/b23-14-. The van der Waals surface area contributed by atoms with Crippen molar-refractivity contribution < 1.29 is 19.1 Å². The van der Waals surface area contributed by atoms with Crippen LogP contribution in [0.2, 0.25) is 0 Å². The van der Waals surface area contributed by atoms with E-state index in [1.165, 1.54) is 4.90 Å². The Hall–Kier alpha value is -3.04.